The van der Waals surface area contributed by atoms with E-state index in [4.69, 9.17) is 4.74 Å². The number of thioether (sulfide) groups is 1. The molecule has 1 aliphatic rings. The molecule has 1 aliphatic carbocycles. The lowest BCUT2D eigenvalue weighted by Crippen LogP contribution is -2.28. The fourth-order valence-corrected chi connectivity index (χ4v) is 4.26. The van der Waals surface area contributed by atoms with E-state index in [2.05, 4.69) is 4.98 Å². The number of para-hydroxylation sites is 1. The maximum atomic E-state index is 12.9. The highest BCUT2D eigenvalue weighted by Crippen LogP contribution is 2.36. The van der Waals surface area contributed by atoms with Gasteiger partial charge in [0.15, 0.2) is 5.16 Å². The van der Waals surface area contributed by atoms with Crippen molar-refractivity contribution in [2.75, 3.05) is 19.9 Å². The minimum Gasteiger partial charge on any atom is -0.497 e. The minimum atomic E-state index is -0.0159. The second kappa shape index (κ2) is 8.29. The molecule has 7 heteroatoms. The van der Waals surface area contributed by atoms with Crippen molar-refractivity contribution in [3.8, 4) is 5.75 Å². The molecular weight excluding hydrogens is 386 g/mol. The molecule has 29 heavy (non-hydrogen) atoms. The summed E-state index contributed by atoms with van der Waals surface area (Å²) in [5.41, 5.74) is 1.66. The highest BCUT2D eigenvalue weighted by atomic mass is 32.2. The van der Waals surface area contributed by atoms with Crippen LogP contribution in [0.15, 0.2) is 58.5 Å². The van der Waals surface area contributed by atoms with Gasteiger partial charge >= 0.3 is 0 Å². The Morgan fingerprint density at radius 1 is 1.24 bits per heavy atom. The van der Waals surface area contributed by atoms with Crippen LogP contribution in [-0.2, 0) is 11.3 Å². The van der Waals surface area contributed by atoms with Crippen molar-refractivity contribution in [1.82, 2.24) is 14.5 Å². The Morgan fingerprint density at radius 2 is 2.03 bits per heavy atom. The zero-order valence-electron chi connectivity index (χ0n) is 16.5. The molecule has 0 saturated heterocycles. The van der Waals surface area contributed by atoms with Gasteiger partial charge < -0.3 is 9.64 Å². The van der Waals surface area contributed by atoms with Gasteiger partial charge in [-0.15, -0.1) is 0 Å². The number of hydrogen-bond donors (Lipinski definition) is 0. The molecule has 6 nitrogen and oxygen atoms in total. The van der Waals surface area contributed by atoms with Gasteiger partial charge in [0.05, 0.1) is 23.8 Å². The summed E-state index contributed by atoms with van der Waals surface area (Å²) in [4.78, 5) is 31.9. The molecule has 1 amide bonds. The van der Waals surface area contributed by atoms with Gasteiger partial charge in [0.2, 0.25) is 5.91 Å². The first kappa shape index (κ1) is 19.5. The van der Waals surface area contributed by atoms with Crippen LogP contribution in [0, 0.1) is 0 Å². The van der Waals surface area contributed by atoms with Gasteiger partial charge in [-0.25, -0.2) is 4.98 Å². The van der Waals surface area contributed by atoms with Crippen LogP contribution in [0.5, 0.6) is 5.75 Å². The summed E-state index contributed by atoms with van der Waals surface area (Å²) in [7, 11) is 3.41. The fraction of sp³-hybridized carbons (Fsp3) is 0.318. The monoisotopic (exact) mass is 409 g/mol. The summed E-state index contributed by atoms with van der Waals surface area (Å²) in [6.07, 6.45) is 1.97. The van der Waals surface area contributed by atoms with Gasteiger partial charge in [0.1, 0.15) is 5.75 Å². The van der Waals surface area contributed by atoms with Crippen LogP contribution in [0.3, 0.4) is 0 Å². The third-order valence-corrected chi connectivity index (χ3v) is 5.93. The van der Waals surface area contributed by atoms with E-state index in [0.717, 1.165) is 24.2 Å². The molecular formula is C22H23N3O3S. The van der Waals surface area contributed by atoms with Gasteiger partial charge in [-0.1, -0.05) is 36.0 Å². The van der Waals surface area contributed by atoms with E-state index in [-0.39, 0.29) is 23.3 Å². The number of rotatable bonds is 7. The predicted molar refractivity (Wildman–Crippen MR) is 114 cm³/mol. The molecule has 0 radical (unpaired) electrons. The number of carbonyl (C=O) groups is 1. The molecule has 3 aromatic rings. The highest BCUT2D eigenvalue weighted by Gasteiger charge is 2.29. The van der Waals surface area contributed by atoms with E-state index in [1.54, 1.807) is 23.6 Å². The Labute approximate surface area is 173 Å². The number of aromatic nitrogens is 2. The summed E-state index contributed by atoms with van der Waals surface area (Å²) in [6, 6.07) is 15.3. The molecule has 150 valence electrons. The van der Waals surface area contributed by atoms with Crippen molar-refractivity contribution in [1.29, 1.82) is 0 Å². The number of amides is 1. The summed E-state index contributed by atoms with van der Waals surface area (Å²) in [5, 5.41) is 1.25. The average molecular weight is 410 g/mol. The Bertz CT molecular complexity index is 1110. The van der Waals surface area contributed by atoms with Crippen LogP contribution >= 0.6 is 11.8 Å². The molecule has 1 heterocycles. The van der Waals surface area contributed by atoms with Crippen molar-refractivity contribution in [3.63, 3.8) is 0 Å². The number of fused-ring (bicyclic) bond motifs is 1. The third-order valence-electron chi connectivity index (χ3n) is 4.99. The smallest absolute Gasteiger partial charge is 0.262 e. The first-order valence-electron chi connectivity index (χ1n) is 9.58. The van der Waals surface area contributed by atoms with Crippen molar-refractivity contribution in [2.45, 2.75) is 30.6 Å². The molecule has 0 spiro atoms. The number of nitrogens with zero attached hydrogens (tertiary/aromatic N) is 3. The van der Waals surface area contributed by atoms with E-state index < -0.39 is 0 Å². The predicted octanol–water partition coefficient (Wildman–Crippen LogP) is 3.49. The molecule has 0 N–H and O–H groups in total. The Balaban J connectivity index is 1.49. The van der Waals surface area contributed by atoms with Crippen LogP contribution in [-0.4, -0.2) is 40.3 Å². The first-order valence-corrected chi connectivity index (χ1v) is 10.6. The van der Waals surface area contributed by atoms with Crippen LogP contribution in [0.1, 0.15) is 24.4 Å². The van der Waals surface area contributed by atoms with E-state index in [1.807, 2.05) is 48.5 Å². The Kier molecular flexibility index (Phi) is 5.58. The number of methoxy groups -OCH3 is 1. The zero-order chi connectivity index (χ0) is 20.4. The van der Waals surface area contributed by atoms with Gasteiger partial charge in [-0.05, 0) is 42.7 Å². The topological polar surface area (TPSA) is 64.4 Å². The summed E-state index contributed by atoms with van der Waals surface area (Å²) in [6.45, 7) is 0.497. The Hall–Kier alpha value is -2.80. The Morgan fingerprint density at radius 3 is 2.79 bits per heavy atom. The lowest BCUT2D eigenvalue weighted by Gasteiger charge is -2.18. The lowest BCUT2D eigenvalue weighted by molar-refractivity contribution is -0.127. The van der Waals surface area contributed by atoms with Crippen molar-refractivity contribution < 1.29 is 9.53 Å². The van der Waals surface area contributed by atoms with E-state index in [0.29, 0.717) is 22.6 Å². The third kappa shape index (κ3) is 4.29. The van der Waals surface area contributed by atoms with Crippen molar-refractivity contribution in [3.05, 3.63) is 64.4 Å². The van der Waals surface area contributed by atoms with E-state index >= 15 is 0 Å². The van der Waals surface area contributed by atoms with Crippen LogP contribution < -0.4 is 10.3 Å². The normalized spacial score (nSPS) is 13.4. The highest BCUT2D eigenvalue weighted by molar-refractivity contribution is 7.99. The molecule has 0 atom stereocenters. The SMILES string of the molecule is COc1cccc(CN(C)C(=O)CSc2nc3ccccc3c(=O)n2C2CC2)c1. The number of hydrogen-bond acceptors (Lipinski definition) is 5. The standard InChI is InChI=1S/C22H23N3O3S/c1-24(13-15-6-5-7-17(12-15)28-2)20(26)14-29-22-23-19-9-4-3-8-18(19)21(27)25(22)16-10-11-16/h3-9,12,16H,10-11,13-14H2,1-2H3. The number of benzene rings is 2. The van der Waals surface area contributed by atoms with Gasteiger partial charge in [0.25, 0.3) is 5.56 Å². The maximum Gasteiger partial charge on any atom is 0.262 e. The van der Waals surface area contributed by atoms with Gasteiger partial charge in [-0.3, -0.25) is 14.2 Å². The molecule has 1 aromatic heterocycles. The zero-order valence-corrected chi connectivity index (χ0v) is 17.3. The molecule has 0 unspecified atom stereocenters. The number of ether oxygens (including phenoxy) is 1. The van der Waals surface area contributed by atoms with Gasteiger partial charge in [-0.2, -0.15) is 0 Å². The molecule has 2 aromatic carbocycles. The first-order chi connectivity index (χ1) is 14.1. The number of carbonyl (C=O) groups excluding carboxylic acids is 1. The minimum absolute atomic E-state index is 0.0115. The quantitative estimate of drug-likeness (QED) is 0.442. The van der Waals surface area contributed by atoms with Crippen molar-refractivity contribution >= 4 is 28.6 Å². The molecule has 4 rings (SSSR count). The molecule has 0 aliphatic heterocycles. The maximum absolute atomic E-state index is 12.9. The van der Waals surface area contributed by atoms with Crippen molar-refractivity contribution in [2.24, 2.45) is 0 Å². The largest absolute Gasteiger partial charge is 0.497 e. The molecule has 1 saturated carbocycles. The van der Waals surface area contributed by atoms with E-state index in [1.165, 1.54) is 11.8 Å². The summed E-state index contributed by atoms with van der Waals surface area (Å²) >= 11 is 1.33. The average Bonchev–Trinajstić information content (AvgIpc) is 3.57. The second-order valence-corrected chi connectivity index (χ2v) is 8.15. The van der Waals surface area contributed by atoms with E-state index in [9.17, 15) is 9.59 Å². The lowest BCUT2D eigenvalue weighted by atomic mass is 10.2. The van der Waals surface area contributed by atoms with Crippen LogP contribution in [0.25, 0.3) is 10.9 Å². The molecule has 0 bridgehead atoms. The van der Waals surface area contributed by atoms with Gasteiger partial charge in [0, 0.05) is 19.6 Å². The van der Waals surface area contributed by atoms with Crippen LogP contribution in [0.4, 0.5) is 0 Å². The summed E-state index contributed by atoms with van der Waals surface area (Å²) in [5.74, 6) is 0.993. The molecule has 1 fully saturated rings. The fourth-order valence-electron chi connectivity index (χ4n) is 3.25. The van der Waals surface area contributed by atoms with Crippen LogP contribution in [0.2, 0.25) is 0 Å². The summed E-state index contributed by atoms with van der Waals surface area (Å²) < 4.78 is 7.01. The second-order valence-electron chi connectivity index (χ2n) is 7.21.